The van der Waals surface area contributed by atoms with Gasteiger partial charge in [-0.3, -0.25) is 0 Å². The van der Waals surface area contributed by atoms with Crippen LogP contribution in [0.15, 0.2) is 18.3 Å². The van der Waals surface area contributed by atoms with Crippen LogP contribution in [0.5, 0.6) is 11.6 Å². The van der Waals surface area contributed by atoms with E-state index in [4.69, 9.17) is 9.47 Å². The van der Waals surface area contributed by atoms with Crippen LogP contribution in [0.4, 0.5) is 0 Å². The Balaban J connectivity index is 0.00000127. The van der Waals surface area contributed by atoms with Gasteiger partial charge in [0.25, 0.3) is 0 Å². The average Bonchev–Trinajstić information content (AvgIpc) is 2.55. The lowest BCUT2D eigenvalue weighted by Crippen LogP contribution is -2.54. The zero-order valence-corrected chi connectivity index (χ0v) is 15.8. The highest BCUT2D eigenvalue weighted by Gasteiger charge is 2.38. The molecule has 0 amide bonds. The largest absolute Gasteiger partial charge is 0.489 e. The Morgan fingerprint density at radius 3 is 2.61 bits per heavy atom. The molecule has 1 aliphatic rings. The Morgan fingerprint density at radius 2 is 2.04 bits per heavy atom. The van der Waals surface area contributed by atoms with Crippen LogP contribution in [-0.4, -0.2) is 29.3 Å². The summed E-state index contributed by atoms with van der Waals surface area (Å²) < 4.78 is 11.9. The zero-order chi connectivity index (χ0) is 17.5. The van der Waals surface area contributed by atoms with E-state index in [9.17, 15) is 0 Å². The van der Waals surface area contributed by atoms with Crippen LogP contribution in [0, 0.1) is 5.92 Å². The number of rotatable bonds is 5. The number of piperidine rings is 1. The van der Waals surface area contributed by atoms with Crippen LogP contribution >= 0.6 is 0 Å². The molecule has 1 fully saturated rings. The summed E-state index contributed by atoms with van der Waals surface area (Å²) >= 11 is 0. The molecule has 4 heteroatoms. The molecule has 4 unspecified atom stereocenters. The molecule has 1 N–H and O–H groups in total. The summed E-state index contributed by atoms with van der Waals surface area (Å²) in [7, 11) is 0. The standard InChI is InChI=1S/C17H28N2O2.C2H6/c1-6-14(4)20-15-7-8-16(19-11-15)21-17(5)9-13(3)18-10-12(17)2;1-2/h7-8,11-14,18H,6,9-10H2,1-5H3;1-2H3. The molecule has 2 heterocycles. The van der Waals surface area contributed by atoms with Crippen molar-refractivity contribution in [2.75, 3.05) is 6.54 Å². The molecule has 4 nitrogen and oxygen atoms in total. The van der Waals surface area contributed by atoms with E-state index < -0.39 is 0 Å². The number of aromatic nitrogens is 1. The Bertz CT molecular complexity index is 449. The summed E-state index contributed by atoms with van der Waals surface area (Å²) in [6.45, 7) is 15.7. The van der Waals surface area contributed by atoms with E-state index in [1.807, 2.05) is 26.0 Å². The molecule has 0 bridgehead atoms. The molecule has 0 radical (unpaired) electrons. The number of pyridine rings is 1. The quantitative estimate of drug-likeness (QED) is 0.870. The molecule has 0 saturated carbocycles. The maximum absolute atomic E-state index is 6.21. The molecule has 0 spiro atoms. The highest BCUT2D eigenvalue weighted by Crippen LogP contribution is 2.31. The smallest absolute Gasteiger partial charge is 0.213 e. The van der Waals surface area contributed by atoms with E-state index >= 15 is 0 Å². The van der Waals surface area contributed by atoms with Crippen molar-refractivity contribution < 1.29 is 9.47 Å². The molecular weight excluding hydrogens is 288 g/mol. The van der Waals surface area contributed by atoms with Gasteiger partial charge < -0.3 is 14.8 Å². The number of hydrogen-bond donors (Lipinski definition) is 1. The Kier molecular flexibility index (Phi) is 7.83. The Labute approximate surface area is 142 Å². The molecule has 0 aromatic carbocycles. The van der Waals surface area contributed by atoms with Gasteiger partial charge in [0.15, 0.2) is 0 Å². The summed E-state index contributed by atoms with van der Waals surface area (Å²) in [6.07, 6.45) is 3.93. The number of hydrogen-bond acceptors (Lipinski definition) is 4. The first kappa shape index (κ1) is 19.8. The van der Waals surface area contributed by atoms with Crippen LogP contribution in [0.2, 0.25) is 0 Å². The molecule has 2 rings (SSSR count). The van der Waals surface area contributed by atoms with Crippen molar-refractivity contribution in [3.05, 3.63) is 18.3 Å². The summed E-state index contributed by atoms with van der Waals surface area (Å²) in [4.78, 5) is 4.40. The molecule has 1 aromatic rings. The van der Waals surface area contributed by atoms with Crippen LogP contribution < -0.4 is 14.8 Å². The van der Waals surface area contributed by atoms with E-state index in [0.29, 0.717) is 17.8 Å². The minimum atomic E-state index is -0.170. The van der Waals surface area contributed by atoms with E-state index in [-0.39, 0.29) is 11.7 Å². The van der Waals surface area contributed by atoms with Gasteiger partial charge in [-0.1, -0.05) is 27.7 Å². The fourth-order valence-corrected chi connectivity index (χ4v) is 2.67. The Hall–Kier alpha value is -1.29. The van der Waals surface area contributed by atoms with Gasteiger partial charge >= 0.3 is 0 Å². The van der Waals surface area contributed by atoms with Crippen LogP contribution in [0.1, 0.15) is 61.3 Å². The SMILES string of the molecule is CC.CCC(C)Oc1ccc(OC2(C)CC(C)NCC2C)nc1. The first-order valence-corrected chi connectivity index (χ1v) is 8.98. The lowest BCUT2D eigenvalue weighted by Gasteiger charge is -2.42. The van der Waals surface area contributed by atoms with Crippen molar-refractivity contribution in [3.63, 3.8) is 0 Å². The molecule has 0 aliphatic carbocycles. The van der Waals surface area contributed by atoms with Crippen LogP contribution in [0.3, 0.4) is 0 Å². The van der Waals surface area contributed by atoms with Gasteiger partial charge in [-0.15, -0.1) is 0 Å². The van der Waals surface area contributed by atoms with Crippen molar-refractivity contribution in [2.45, 2.75) is 79.1 Å². The lowest BCUT2D eigenvalue weighted by molar-refractivity contribution is -0.00779. The fraction of sp³-hybridized carbons (Fsp3) is 0.737. The predicted octanol–water partition coefficient (Wildman–Crippen LogP) is 4.44. The number of nitrogens with zero attached hydrogens (tertiary/aromatic N) is 1. The zero-order valence-electron chi connectivity index (χ0n) is 15.8. The van der Waals surface area contributed by atoms with Crippen molar-refractivity contribution in [1.29, 1.82) is 0 Å². The highest BCUT2D eigenvalue weighted by molar-refractivity contribution is 5.23. The van der Waals surface area contributed by atoms with Crippen molar-refractivity contribution >= 4 is 0 Å². The normalized spacial score (nSPS) is 28.3. The maximum Gasteiger partial charge on any atom is 0.213 e. The second kappa shape index (κ2) is 9.11. The molecule has 1 aliphatic heterocycles. The van der Waals surface area contributed by atoms with Gasteiger partial charge in [0.2, 0.25) is 5.88 Å². The van der Waals surface area contributed by atoms with Gasteiger partial charge in [-0.25, -0.2) is 4.98 Å². The summed E-state index contributed by atoms with van der Waals surface area (Å²) in [5.41, 5.74) is -0.170. The average molecular weight is 322 g/mol. The molecule has 23 heavy (non-hydrogen) atoms. The summed E-state index contributed by atoms with van der Waals surface area (Å²) in [5, 5.41) is 3.49. The topological polar surface area (TPSA) is 43.4 Å². The molecule has 1 aromatic heterocycles. The monoisotopic (exact) mass is 322 g/mol. The van der Waals surface area contributed by atoms with Gasteiger partial charge in [0, 0.05) is 31.0 Å². The predicted molar refractivity (Wildman–Crippen MR) is 96.2 cm³/mol. The van der Waals surface area contributed by atoms with Crippen molar-refractivity contribution in [3.8, 4) is 11.6 Å². The first-order valence-electron chi connectivity index (χ1n) is 8.98. The van der Waals surface area contributed by atoms with Gasteiger partial charge in [-0.2, -0.15) is 0 Å². The Morgan fingerprint density at radius 1 is 1.35 bits per heavy atom. The van der Waals surface area contributed by atoms with E-state index in [1.165, 1.54) is 0 Å². The van der Waals surface area contributed by atoms with E-state index in [0.717, 1.165) is 25.1 Å². The second-order valence-corrected chi connectivity index (χ2v) is 6.50. The fourth-order valence-electron chi connectivity index (χ4n) is 2.67. The summed E-state index contributed by atoms with van der Waals surface area (Å²) in [5.74, 6) is 1.93. The minimum absolute atomic E-state index is 0.170. The molecular formula is C19H34N2O2. The van der Waals surface area contributed by atoms with Crippen molar-refractivity contribution in [1.82, 2.24) is 10.3 Å². The highest BCUT2D eigenvalue weighted by atomic mass is 16.5. The first-order chi connectivity index (χ1) is 10.9. The minimum Gasteiger partial charge on any atom is -0.489 e. The maximum atomic E-state index is 6.21. The summed E-state index contributed by atoms with van der Waals surface area (Å²) in [6, 6.07) is 4.31. The third kappa shape index (κ3) is 5.69. The van der Waals surface area contributed by atoms with Gasteiger partial charge in [0.1, 0.15) is 11.4 Å². The molecule has 132 valence electrons. The van der Waals surface area contributed by atoms with E-state index in [2.05, 4.69) is 44.9 Å². The second-order valence-electron chi connectivity index (χ2n) is 6.50. The molecule has 4 atom stereocenters. The van der Waals surface area contributed by atoms with Crippen LogP contribution in [-0.2, 0) is 0 Å². The lowest BCUT2D eigenvalue weighted by atomic mass is 9.81. The van der Waals surface area contributed by atoms with Crippen LogP contribution in [0.25, 0.3) is 0 Å². The van der Waals surface area contributed by atoms with Gasteiger partial charge in [-0.05, 0) is 33.3 Å². The third-order valence-electron chi connectivity index (χ3n) is 4.49. The van der Waals surface area contributed by atoms with E-state index in [1.54, 1.807) is 6.20 Å². The number of ether oxygens (including phenoxy) is 2. The van der Waals surface area contributed by atoms with Crippen molar-refractivity contribution in [2.24, 2.45) is 5.92 Å². The number of nitrogens with one attached hydrogen (secondary N) is 1. The van der Waals surface area contributed by atoms with Gasteiger partial charge in [0.05, 0.1) is 12.3 Å². The molecule has 1 saturated heterocycles. The third-order valence-corrected chi connectivity index (χ3v) is 4.49.